The molecule has 1 N–H and O–H groups in total. The van der Waals surface area contributed by atoms with Crippen molar-refractivity contribution < 1.29 is 22.9 Å². The number of carbonyl (C=O) groups excluding carboxylic acids is 1. The van der Waals surface area contributed by atoms with Crippen LogP contribution in [0.15, 0.2) is 23.4 Å². The minimum Gasteiger partial charge on any atom is -0.341 e. The lowest BCUT2D eigenvalue weighted by Crippen LogP contribution is -2.34. The number of nitrogens with one attached hydrogen (secondary N) is 1. The van der Waals surface area contributed by atoms with E-state index in [2.05, 4.69) is 31.9 Å². The van der Waals surface area contributed by atoms with E-state index >= 15 is 0 Å². The second-order valence-corrected chi connectivity index (χ2v) is 9.32. The van der Waals surface area contributed by atoms with E-state index in [9.17, 15) is 28.1 Å². The maximum Gasteiger partial charge on any atom is 0.416 e. The van der Waals surface area contributed by atoms with Crippen molar-refractivity contribution in [1.29, 1.82) is 0 Å². The fourth-order valence-electron chi connectivity index (χ4n) is 3.73. The van der Waals surface area contributed by atoms with Gasteiger partial charge in [-0.3, -0.25) is 19.5 Å². The fourth-order valence-corrected chi connectivity index (χ4v) is 4.53. The summed E-state index contributed by atoms with van der Waals surface area (Å²) in [5.74, 6) is 0.776. The van der Waals surface area contributed by atoms with Crippen LogP contribution in [0.5, 0.6) is 0 Å². The van der Waals surface area contributed by atoms with Crippen LogP contribution in [0.25, 0.3) is 0 Å². The Morgan fingerprint density at radius 3 is 2.55 bits per heavy atom. The molecule has 0 radical (unpaired) electrons. The van der Waals surface area contributed by atoms with Gasteiger partial charge < -0.3 is 10.2 Å². The molecule has 1 saturated carbocycles. The standard InChI is InChI=1S/C20H23F3N6O3S/c1-12-6-8-27(9-7-12)18-25-26-19(28(18)14-3-4-14)33-11-17(30)24-15-5-2-13(20(21,22)23)10-16(15)29(31)32/h2,5,10,12,14H,3-4,6-9,11H2,1H3,(H,24,30). The second kappa shape index (κ2) is 9.20. The van der Waals surface area contributed by atoms with Crippen molar-refractivity contribution in [2.24, 2.45) is 5.92 Å². The molecule has 33 heavy (non-hydrogen) atoms. The number of aromatic nitrogens is 3. The molecule has 0 spiro atoms. The first kappa shape index (κ1) is 23.3. The monoisotopic (exact) mass is 484 g/mol. The van der Waals surface area contributed by atoms with Crippen molar-refractivity contribution in [3.8, 4) is 0 Å². The number of halogens is 3. The highest BCUT2D eigenvalue weighted by Crippen LogP contribution is 2.41. The van der Waals surface area contributed by atoms with Crippen molar-refractivity contribution in [2.75, 3.05) is 29.1 Å². The number of benzene rings is 1. The molecule has 2 aliphatic rings. The molecule has 13 heteroatoms. The Bertz CT molecular complexity index is 1050. The summed E-state index contributed by atoms with van der Waals surface area (Å²) < 4.78 is 40.6. The topological polar surface area (TPSA) is 106 Å². The van der Waals surface area contributed by atoms with Crippen LogP contribution in [-0.4, -0.2) is 44.4 Å². The summed E-state index contributed by atoms with van der Waals surface area (Å²) in [4.78, 5) is 24.9. The zero-order chi connectivity index (χ0) is 23.8. The van der Waals surface area contributed by atoms with Gasteiger partial charge in [0.1, 0.15) is 5.69 Å². The van der Waals surface area contributed by atoms with Crippen molar-refractivity contribution in [2.45, 2.75) is 50.0 Å². The highest BCUT2D eigenvalue weighted by Gasteiger charge is 2.34. The van der Waals surface area contributed by atoms with Gasteiger partial charge in [-0.25, -0.2) is 0 Å². The first-order valence-electron chi connectivity index (χ1n) is 10.6. The normalized spacial score (nSPS) is 17.3. The number of alkyl halides is 3. The molecular weight excluding hydrogens is 461 g/mol. The van der Waals surface area contributed by atoms with E-state index in [-0.39, 0.29) is 17.5 Å². The molecule has 9 nitrogen and oxygen atoms in total. The Morgan fingerprint density at radius 1 is 1.24 bits per heavy atom. The van der Waals surface area contributed by atoms with Crippen molar-refractivity contribution in [3.63, 3.8) is 0 Å². The number of anilines is 2. The summed E-state index contributed by atoms with van der Waals surface area (Å²) >= 11 is 1.15. The third-order valence-corrected chi connectivity index (χ3v) is 6.70. The van der Waals surface area contributed by atoms with Crippen LogP contribution in [0, 0.1) is 16.0 Å². The van der Waals surface area contributed by atoms with Gasteiger partial charge in [0.15, 0.2) is 5.16 Å². The van der Waals surface area contributed by atoms with Gasteiger partial charge in [-0.05, 0) is 43.7 Å². The van der Waals surface area contributed by atoms with Crippen LogP contribution in [0.3, 0.4) is 0 Å². The maximum absolute atomic E-state index is 12.9. The number of nitro groups is 1. The predicted octanol–water partition coefficient (Wildman–Crippen LogP) is 4.51. The number of hydrogen-bond donors (Lipinski definition) is 1. The van der Waals surface area contributed by atoms with Gasteiger partial charge in [0.2, 0.25) is 11.9 Å². The lowest BCUT2D eigenvalue weighted by atomic mass is 10.00. The van der Waals surface area contributed by atoms with Crippen molar-refractivity contribution in [3.05, 3.63) is 33.9 Å². The first-order valence-corrected chi connectivity index (χ1v) is 11.6. The summed E-state index contributed by atoms with van der Waals surface area (Å²) in [6, 6.07) is 2.30. The zero-order valence-corrected chi connectivity index (χ0v) is 18.7. The number of hydrogen-bond acceptors (Lipinski definition) is 7. The molecule has 0 unspecified atom stereocenters. The van der Waals surface area contributed by atoms with Gasteiger partial charge >= 0.3 is 6.18 Å². The summed E-state index contributed by atoms with van der Waals surface area (Å²) in [5.41, 5.74) is -2.25. The molecule has 1 aliphatic heterocycles. The van der Waals surface area contributed by atoms with E-state index in [1.807, 2.05) is 0 Å². The average molecular weight is 485 g/mol. The summed E-state index contributed by atoms with van der Waals surface area (Å²) in [5, 5.41) is 22.8. The average Bonchev–Trinajstić information content (AvgIpc) is 3.51. The van der Waals surface area contributed by atoms with Crippen LogP contribution in [-0.2, 0) is 11.0 Å². The molecule has 1 amide bonds. The largest absolute Gasteiger partial charge is 0.416 e. The van der Waals surface area contributed by atoms with Crippen LogP contribution in [0.4, 0.5) is 30.5 Å². The summed E-state index contributed by atoms with van der Waals surface area (Å²) in [7, 11) is 0. The maximum atomic E-state index is 12.9. The highest BCUT2D eigenvalue weighted by atomic mass is 32.2. The SMILES string of the molecule is CC1CCN(c2nnc(SCC(=O)Nc3ccc(C(F)(F)F)cc3[N+](=O)[O-])n2C2CC2)CC1. The number of thioether (sulfide) groups is 1. The molecule has 0 bridgehead atoms. The summed E-state index contributed by atoms with van der Waals surface area (Å²) in [6.45, 7) is 4.02. The molecule has 178 valence electrons. The van der Waals surface area contributed by atoms with Gasteiger partial charge in [-0.2, -0.15) is 13.2 Å². The number of nitrogens with zero attached hydrogens (tertiary/aromatic N) is 5. The molecule has 2 fully saturated rings. The van der Waals surface area contributed by atoms with E-state index in [4.69, 9.17) is 0 Å². The smallest absolute Gasteiger partial charge is 0.341 e. The van der Waals surface area contributed by atoms with Crippen molar-refractivity contribution >= 4 is 35.0 Å². The molecule has 1 saturated heterocycles. The Morgan fingerprint density at radius 2 is 1.94 bits per heavy atom. The minimum atomic E-state index is -4.72. The Hall–Kier alpha value is -2.83. The number of rotatable bonds is 7. The molecule has 1 aromatic heterocycles. The van der Waals surface area contributed by atoms with E-state index in [0.29, 0.717) is 23.2 Å². The summed E-state index contributed by atoms with van der Waals surface area (Å²) in [6.07, 6.45) is -0.553. The van der Waals surface area contributed by atoms with E-state index in [0.717, 1.165) is 62.5 Å². The minimum absolute atomic E-state index is 0.111. The van der Waals surface area contributed by atoms with Gasteiger partial charge in [0.05, 0.1) is 16.2 Å². The number of amides is 1. The van der Waals surface area contributed by atoms with E-state index in [1.165, 1.54) is 0 Å². The van der Waals surface area contributed by atoms with Crippen molar-refractivity contribution in [1.82, 2.24) is 14.8 Å². The fraction of sp³-hybridized carbons (Fsp3) is 0.550. The zero-order valence-electron chi connectivity index (χ0n) is 17.8. The third-order valence-electron chi connectivity index (χ3n) is 5.75. The third kappa shape index (κ3) is 5.40. The van der Waals surface area contributed by atoms with E-state index < -0.39 is 28.3 Å². The Kier molecular flexibility index (Phi) is 6.50. The van der Waals surface area contributed by atoms with Gasteiger partial charge in [-0.1, -0.05) is 18.7 Å². The predicted molar refractivity (Wildman–Crippen MR) is 116 cm³/mol. The molecule has 2 heterocycles. The number of nitro benzene ring substituents is 1. The molecule has 1 aromatic carbocycles. The van der Waals surface area contributed by atoms with Crippen LogP contribution < -0.4 is 10.2 Å². The molecule has 1 aliphatic carbocycles. The van der Waals surface area contributed by atoms with Gasteiger partial charge in [0.25, 0.3) is 5.69 Å². The second-order valence-electron chi connectivity index (χ2n) is 8.38. The first-order chi connectivity index (χ1) is 15.6. The molecule has 4 rings (SSSR count). The number of piperidine rings is 1. The highest BCUT2D eigenvalue weighted by molar-refractivity contribution is 7.99. The lowest BCUT2D eigenvalue weighted by Gasteiger charge is -2.31. The quantitative estimate of drug-likeness (QED) is 0.350. The van der Waals surface area contributed by atoms with Crippen LogP contribution in [0.1, 0.15) is 44.2 Å². The van der Waals surface area contributed by atoms with Gasteiger partial charge in [-0.15, -0.1) is 10.2 Å². The Balaban J connectivity index is 1.44. The van der Waals surface area contributed by atoms with Crippen LogP contribution in [0.2, 0.25) is 0 Å². The molecule has 0 atom stereocenters. The lowest BCUT2D eigenvalue weighted by molar-refractivity contribution is -0.384. The van der Waals surface area contributed by atoms with Gasteiger partial charge in [0, 0.05) is 25.2 Å². The number of carbonyl (C=O) groups is 1. The van der Waals surface area contributed by atoms with E-state index in [1.54, 1.807) is 0 Å². The Labute approximate surface area is 191 Å². The molecular formula is C20H23F3N6O3S. The van der Waals surface area contributed by atoms with Crippen LogP contribution >= 0.6 is 11.8 Å². The molecule has 2 aromatic rings.